The molecular weight excluding hydrogens is 1610 g/mol. The van der Waals surface area contributed by atoms with Gasteiger partial charge in [0.2, 0.25) is 0 Å². The van der Waals surface area contributed by atoms with E-state index in [9.17, 15) is 0 Å². The molecule has 0 unspecified atom stereocenters. The summed E-state index contributed by atoms with van der Waals surface area (Å²) in [7, 11) is 0. The Bertz CT molecular complexity index is 9270. The first-order valence-electron chi connectivity index (χ1n) is 45.7. The second-order valence-corrected chi connectivity index (χ2v) is 37.9. The van der Waals surface area contributed by atoms with Crippen LogP contribution in [0.5, 0.6) is 0 Å². The summed E-state index contributed by atoms with van der Waals surface area (Å²) in [6, 6.07) is 145. The van der Waals surface area contributed by atoms with Crippen LogP contribution in [0.25, 0.3) is 214 Å². The zero-order chi connectivity index (χ0) is 87.8. The van der Waals surface area contributed by atoms with Crippen molar-refractivity contribution in [1.29, 1.82) is 0 Å². The monoisotopic (exact) mass is 1690 g/mol. The van der Waals surface area contributed by atoms with E-state index in [1.54, 1.807) is 0 Å². The molecule has 2 aliphatic heterocycles. The van der Waals surface area contributed by atoms with Gasteiger partial charge in [-0.1, -0.05) is 308 Å². The number of benzene rings is 19. The molecule has 19 aromatic carbocycles. The van der Waals surface area contributed by atoms with E-state index in [1.165, 1.54) is 16.6 Å². The quantitative estimate of drug-likeness (QED) is 0.101. The van der Waals surface area contributed by atoms with Gasteiger partial charge < -0.3 is 32.0 Å². The summed E-state index contributed by atoms with van der Waals surface area (Å²) >= 11 is 0. The van der Waals surface area contributed by atoms with Gasteiger partial charge >= 0.3 is 0 Å². The molecule has 0 amide bonds. The Morgan fingerprint density at radius 3 is 1.20 bits per heavy atom. The molecule has 6 aromatic heterocycles. The average Bonchev–Trinajstić information content (AvgIpc) is 1.43. The van der Waals surface area contributed by atoms with Crippen LogP contribution >= 0.6 is 0 Å². The summed E-state index contributed by atoms with van der Waals surface area (Å²) in [5, 5.41) is 12.9. The maximum absolute atomic E-state index is 8.45. The molecule has 25 aromatic rings. The molecule has 0 saturated carbocycles. The van der Waals surface area contributed by atoms with Gasteiger partial charge in [-0.15, -0.1) is 0 Å². The van der Waals surface area contributed by atoms with E-state index in [0.29, 0.717) is 5.69 Å². The molecule has 0 bridgehead atoms. The number of anilines is 6. The lowest BCUT2D eigenvalue weighted by Gasteiger charge is -2.46. The molecule has 27 rings (SSSR count). The Labute approximate surface area is 762 Å². The third-order valence-electron chi connectivity index (χ3n) is 28.5. The summed E-state index contributed by atoms with van der Waals surface area (Å²) in [4.78, 5) is 9.65. The van der Waals surface area contributed by atoms with Gasteiger partial charge in [0.15, 0.2) is 5.69 Å². The van der Waals surface area contributed by atoms with Crippen LogP contribution < -0.4 is 26.2 Å². The summed E-state index contributed by atoms with van der Waals surface area (Å²) in [6.07, 6.45) is 0. The number of fused-ring (bicyclic) bond motifs is 24. The van der Waals surface area contributed by atoms with Crippen molar-refractivity contribution >= 4 is 189 Å². The molecule has 0 N–H and O–H groups in total. The van der Waals surface area contributed by atoms with Gasteiger partial charge in [0.05, 0.1) is 56.9 Å². The maximum atomic E-state index is 8.45. The fourth-order valence-electron chi connectivity index (χ4n) is 22.5. The number of nitrogens with zero attached hydrogens (tertiary/aromatic N) is 5. The van der Waals surface area contributed by atoms with Crippen LogP contribution in [0.1, 0.15) is 52.7 Å². The van der Waals surface area contributed by atoms with Gasteiger partial charge in [0, 0.05) is 110 Å². The summed E-state index contributed by atoms with van der Waals surface area (Å²) in [5.74, 6) is 0. The topological polar surface area (TPSA) is 59.6 Å². The highest BCUT2D eigenvalue weighted by Crippen LogP contribution is 2.61. The molecule has 0 saturated heterocycles. The standard InChI is InChI=1S/C123H82BN5O3/c1-122(2,3)79-66-90(72-33-12-8-13-34-72)115(92(68-79)77-61-94(74-37-16-10-17-38-74)120-97(63-77)85-42-23-29-51-107(85)131-120)128-105-65-76(83-47-32-54-110-111(83)89-46-25-31-53-109(89)130-110)55-58-99(105)124-100-59-57-82(126-101-48-26-20-41-84(101)96-70-81(125-7)56-60-104(96)126)71-106(100)129(119-113-88-45-22-28-50-103(88)127-102-49-27-21-44-87(102)112(117(113)127)118(128)114(119)124)116-91(73-35-14-9-15-36-73)67-80(123(4,5)6)69-93(116)78-62-95(75-39-18-11-19-40-75)121-98(64-78)86-43-24-30-52-108(86)132-121/h8-71H,1-6H3. The summed E-state index contributed by atoms with van der Waals surface area (Å²) < 4.78 is 26.4. The van der Waals surface area contributed by atoms with Crippen molar-refractivity contribution in [2.24, 2.45) is 0 Å². The Morgan fingerprint density at radius 2 is 0.689 bits per heavy atom. The van der Waals surface area contributed by atoms with Crippen molar-refractivity contribution in [1.82, 2.24) is 8.97 Å². The van der Waals surface area contributed by atoms with E-state index in [0.717, 1.165) is 254 Å². The smallest absolute Gasteiger partial charge is 0.252 e. The summed E-state index contributed by atoms with van der Waals surface area (Å²) in [5.41, 5.74) is 38.0. The highest BCUT2D eigenvalue weighted by Gasteiger charge is 2.49. The fraction of sp³-hybridized carbons (Fsp3) is 0.0650. The lowest BCUT2D eigenvalue weighted by Crippen LogP contribution is -2.61. The van der Waals surface area contributed by atoms with Gasteiger partial charge in [-0.3, -0.25) is 0 Å². The van der Waals surface area contributed by atoms with Crippen LogP contribution in [0.15, 0.2) is 401 Å². The molecule has 0 aliphatic carbocycles. The zero-order valence-corrected chi connectivity index (χ0v) is 73.5. The first-order chi connectivity index (χ1) is 64.7. The van der Waals surface area contributed by atoms with E-state index >= 15 is 0 Å². The minimum Gasteiger partial charge on any atom is -0.456 e. The van der Waals surface area contributed by atoms with Gasteiger partial charge in [0.1, 0.15) is 33.5 Å². The van der Waals surface area contributed by atoms with E-state index in [4.69, 9.17) is 19.8 Å². The fourth-order valence-corrected chi connectivity index (χ4v) is 22.5. The van der Waals surface area contributed by atoms with E-state index in [-0.39, 0.29) is 10.8 Å². The summed E-state index contributed by atoms with van der Waals surface area (Å²) in [6.45, 7) is 22.2. The number of hydrogen-bond donors (Lipinski definition) is 0. The van der Waals surface area contributed by atoms with Gasteiger partial charge in [-0.05, 0) is 210 Å². The lowest BCUT2D eigenvalue weighted by molar-refractivity contribution is 0.590. The third kappa shape index (κ3) is 11.0. The van der Waals surface area contributed by atoms with Crippen molar-refractivity contribution < 1.29 is 13.3 Å². The number of para-hydroxylation sites is 6. The SMILES string of the molecule is [C-]#[N+]c1ccc2c(c1)c1ccccc1n2-c1ccc2c(c1)N(c1c(-c3ccccc3)cc(C(C)(C)C)cc1-c1cc(-c3ccccc3)c3oc4ccccc4c3c1)c1c3c(c4c5ccccc5n5c6ccccc6c1c45)N(c1c(-c4ccccc4)cc(C(C)(C)C)cc1-c1cc(-c4ccccc4)c4oc5ccccc5c4c1)c1cc(-c4cccc5oc6ccccc6c45)ccc1B23. The van der Waals surface area contributed by atoms with E-state index in [2.05, 4.69) is 447 Å². The molecule has 0 fully saturated rings. The van der Waals surface area contributed by atoms with Gasteiger partial charge in [-0.25, -0.2) is 4.85 Å². The Hall–Kier alpha value is -16.7. The number of rotatable bonds is 10. The molecule has 132 heavy (non-hydrogen) atoms. The Morgan fingerprint density at radius 1 is 0.273 bits per heavy atom. The number of hydrogen-bond acceptors (Lipinski definition) is 5. The molecule has 8 heterocycles. The van der Waals surface area contributed by atoms with Crippen molar-refractivity contribution in [2.45, 2.75) is 52.4 Å². The van der Waals surface area contributed by atoms with Crippen molar-refractivity contribution in [2.75, 3.05) is 9.80 Å². The molecule has 2 aliphatic rings. The van der Waals surface area contributed by atoms with Crippen LogP contribution in [0.3, 0.4) is 0 Å². The van der Waals surface area contributed by atoms with Crippen LogP contribution in [-0.2, 0) is 10.8 Å². The Balaban J connectivity index is 0.885. The first-order valence-corrected chi connectivity index (χ1v) is 45.7. The normalized spacial score (nSPS) is 12.9. The Kier molecular flexibility index (Phi) is 16.1. The minimum atomic E-state index is -0.470. The number of furan rings is 3. The molecule has 0 radical (unpaired) electrons. The first kappa shape index (κ1) is 75.5. The van der Waals surface area contributed by atoms with Crippen molar-refractivity contribution in [3.05, 3.63) is 411 Å². The van der Waals surface area contributed by atoms with Crippen molar-refractivity contribution in [3.63, 3.8) is 0 Å². The molecule has 620 valence electrons. The third-order valence-corrected chi connectivity index (χ3v) is 28.5. The molecule has 9 heteroatoms. The van der Waals surface area contributed by atoms with E-state index in [1.807, 2.05) is 6.07 Å². The molecule has 8 nitrogen and oxygen atoms in total. The predicted molar refractivity (Wildman–Crippen MR) is 553 cm³/mol. The van der Waals surface area contributed by atoms with Gasteiger partial charge in [0.25, 0.3) is 6.71 Å². The molecule has 0 atom stereocenters. The highest BCUT2D eigenvalue weighted by atomic mass is 16.3. The molecular formula is C123H82BN5O3. The van der Waals surface area contributed by atoms with Crippen LogP contribution in [-0.4, -0.2) is 15.7 Å². The second-order valence-electron chi connectivity index (χ2n) is 37.9. The zero-order valence-electron chi connectivity index (χ0n) is 73.5. The predicted octanol–water partition coefficient (Wildman–Crippen LogP) is 32.5. The highest BCUT2D eigenvalue weighted by molar-refractivity contribution is 7.01. The largest absolute Gasteiger partial charge is 0.456 e. The lowest BCUT2D eigenvalue weighted by atomic mass is 9.33. The van der Waals surface area contributed by atoms with E-state index < -0.39 is 6.71 Å². The maximum Gasteiger partial charge on any atom is 0.252 e. The van der Waals surface area contributed by atoms with Gasteiger partial charge in [-0.2, -0.15) is 0 Å². The van der Waals surface area contributed by atoms with Crippen LogP contribution in [0.4, 0.5) is 39.8 Å². The average molecular weight is 1690 g/mol. The number of aromatic nitrogens is 2. The molecule has 0 spiro atoms. The van der Waals surface area contributed by atoms with Crippen molar-refractivity contribution in [3.8, 4) is 83.6 Å². The second kappa shape index (κ2) is 28.2. The minimum absolute atomic E-state index is 0.363. The van der Waals surface area contributed by atoms with Crippen LogP contribution in [0.2, 0.25) is 0 Å². The van der Waals surface area contributed by atoms with Crippen LogP contribution in [0, 0.1) is 6.57 Å².